The summed E-state index contributed by atoms with van der Waals surface area (Å²) in [5, 5.41) is 12.4. The van der Waals surface area contributed by atoms with Crippen LogP contribution < -0.4 is 11.1 Å². The van der Waals surface area contributed by atoms with Crippen molar-refractivity contribution < 1.29 is 27.9 Å². The maximum Gasteiger partial charge on any atom is 0.232 e. The number of amides is 2. The first-order valence-electron chi connectivity index (χ1n) is 10.9. The molecule has 1 aromatic rings. The second-order valence-corrected chi connectivity index (χ2v) is 8.69. The number of carbonyl (C=O) groups excluding carboxylic acids is 2. The van der Waals surface area contributed by atoms with E-state index < -0.39 is 23.5 Å². The molecular formula is C22H30F3N3O3. The van der Waals surface area contributed by atoms with Crippen LogP contribution in [0.2, 0.25) is 0 Å². The van der Waals surface area contributed by atoms with E-state index in [1.165, 1.54) is 0 Å². The largest absolute Gasteiger partial charge is 0.393 e. The second-order valence-electron chi connectivity index (χ2n) is 8.69. The Balaban J connectivity index is 1.42. The van der Waals surface area contributed by atoms with Gasteiger partial charge >= 0.3 is 0 Å². The van der Waals surface area contributed by atoms with Crippen molar-refractivity contribution in [3.05, 3.63) is 35.1 Å². The number of aliphatic hydroxyl groups is 1. The van der Waals surface area contributed by atoms with E-state index in [0.717, 1.165) is 6.07 Å². The van der Waals surface area contributed by atoms with Crippen LogP contribution in [0.5, 0.6) is 0 Å². The van der Waals surface area contributed by atoms with Gasteiger partial charge in [0.05, 0.1) is 6.10 Å². The molecule has 0 bridgehead atoms. The molecule has 1 aromatic carbocycles. The van der Waals surface area contributed by atoms with Crippen LogP contribution in [0.4, 0.5) is 13.2 Å². The fraction of sp³-hybridized carbons (Fsp3) is 0.636. The molecule has 2 aliphatic rings. The Bertz CT molecular complexity index is 792. The number of rotatable bonds is 6. The second kappa shape index (κ2) is 10.5. The van der Waals surface area contributed by atoms with Crippen LogP contribution in [0, 0.1) is 23.4 Å². The lowest BCUT2D eigenvalue weighted by Crippen LogP contribution is -2.46. The number of nitrogens with one attached hydrogen (secondary N) is 1. The Labute approximate surface area is 180 Å². The van der Waals surface area contributed by atoms with Gasteiger partial charge in [-0.25, -0.2) is 13.2 Å². The fourth-order valence-electron chi connectivity index (χ4n) is 4.47. The van der Waals surface area contributed by atoms with Gasteiger partial charge in [-0.1, -0.05) is 0 Å². The van der Waals surface area contributed by atoms with Crippen LogP contribution in [0.1, 0.15) is 50.5 Å². The lowest BCUT2D eigenvalue weighted by Gasteiger charge is -2.35. The lowest BCUT2D eigenvalue weighted by atomic mass is 9.86. The standard InChI is InChI=1S/C22H30F3N3O3/c23-17-11-19(25)18(24)9-14(17)10-20(26)13-5-7-28(8-6-13)22(31)12-21(30)27-15-1-3-16(29)4-2-15/h9,11,13,15-16,20,29H,1-8,10,12,26H2,(H,27,30)/t15-,16-,20-/m1/s1. The summed E-state index contributed by atoms with van der Waals surface area (Å²) in [4.78, 5) is 26.3. The molecular weight excluding hydrogens is 411 g/mol. The highest BCUT2D eigenvalue weighted by atomic mass is 19.2. The number of halogens is 3. The van der Waals surface area contributed by atoms with Gasteiger partial charge in [-0.05, 0) is 62.5 Å². The Morgan fingerprint density at radius 3 is 2.29 bits per heavy atom. The summed E-state index contributed by atoms with van der Waals surface area (Å²) in [6.45, 7) is 0.890. The van der Waals surface area contributed by atoms with Crippen molar-refractivity contribution in [3.8, 4) is 0 Å². The van der Waals surface area contributed by atoms with Crippen molar-refractivity contribution in [1.29, 1.82) is 0 Å². The van der Waals surface area contributed by atoms with Gasteiger partial charge in [-0.2, -0.15) is 0 Å². The van der Waals surface area contributed by atoms with Crippen LogP contribution in [0.3, 0.4) is 0 Å². The third-order valence-corrected chi connectivity index (χ3v) is 6.42. The number of hydrogen-bond acceptors (Lipinski definition) is 4. The summed E-state index contributed by atoms with van der Waals surface area (Å²) in [6, 6.07) is 0.930. The van der Waals surface area contributed by atoms with Crippen molar-refractivity contribution in [3.63, 3.8) is 0 Å². The molecule has 4 N–H and O–H groups in total. The smallest absolute Gasteiger partial charge is 0.232 e. The number of carbonyl (C=O) groups is 2. The first-order valence-corrected chi connectivity index (χ1v) is 10.9. The average molecular weight is 441 g/mol. The van der Waals surface area contributed by atoms with Crippen molar-refractivity contribution >= 4 is 11.8 Å². The molecule has 0 spiro atoms. The van der Waals surface area contributed by atoms with Gasteiger partial charge in [-0.15, -0.1) is 0 Å². The molecule has 1 atom stereocenters. The van der Waals surface area contributed by atoms with E-state index >= 15 is 0 Å². The fourth-order valence-corrected chi connectivity index (χ4v) is 4.47. The molecule has 172 valence electrons. The molecule has 0 aromatic heterocycles. The van der Waals surface area contributed by atoms with E-state index in [2.05, 4.69) is 5.32 Å². The number of piperidine rings is 1. The van der Waals surface area contributed by atoms with E-state index in [0.29, 0.717) is 57.7 Å². The summed E-state index contributed by atoms with van der Waals surface area (Å²) in [5.74, 6) is -3.69. The molecule has 1 heterocycles. The summed E-state index contributed by atoms with van der Waals surface area (Å²) < 4.78 is 40.3. The highest BCUT2D eigenvalue weighted by Gasteiger charge is 2.29. The molecule has 1 saturated carbocycles. The Hall–Kier alpha value is -2.13. The van der Waals surface area contributed by atoms with Crippen molar-refractivity contribution in [2.24, 2.45) is 11.7 Å². The molecule has 31 heavy (non-hydrogen) atoms. The number of aliphatic hydroxyl groups excluding tert-OH is 1. The maximum absolute atomic E-state index is 13.9. The zero-order valence-corrected chi connectivity index (χ0v) is 17.5. The average Bonchev–Trinajstić information content (AvgIpc) is 2.73. The van der Waals surface area contributed by atoms with E-state index in [1.54, 1.807) is 4.90 Å². The van der Waals surface area contributed by atoms with Gasteiger partial charge < -0.3 is 21.1 Å². The Morgan fingerprint density at radius 2 is 1.65 bits per heavy atom. The van der Waals surface area contributed by atoms with Gasteiger partial charge in [0.2, 0.25) is 11.8 Å². The number of nitrogens with zero attached hydrogens (tertiary/aromatic N) is 1. The number of benzene rings is 1. The Kier molecular flexibility index (Phi) is 7.94. The molecule has 1 aliphatic carbocycles. The van der Waals surface area contributed by atoms with Crippen LogP contribution >= 0.6 is 0 Å². The van der Waals surface area contributed by atoms with Gasteiger partial charge in [-0.3, -0.25) is 9.59 Å². The monoisotopic (exact) mass is 441 g/mol. The maximum atomic E-state index is 13.9. The van der Waals surface area contributed by atoms with E-state index in [1.807, 2.05) is 0 Å². The summed E-state index contributed by atoms with van der Waals surface area (Å²) >= 11 is 0. The molecule has 2 fully saturated rings. The predicted molar refractivity (Wildman–Crippen MR) is 108 cm³/mol. The first-order chi connectivity index (χ1) is 14.7. The normalized spacial score (nSPS) is 23.5. The zero-order chi connectivity index (χ0) is 22.5. The number of nitrogens with two attached hydrogens (primary N) is 1. The minimum absolute atomic E-state index is 0.00382. The minimum Gasteiger partial charge on any atom is -0.393 e. The van der Waals surface area contributed by atoms with Gasteiger partial charge in [0.15, 0.2) is 11.6 Å². The van der Waals surface area contributed by atoms with E-state index in [-0.39, 0.29) is 48.3 Å². The number of likely N-dealkylation sites (tertiary alicyclic amines) is 1. The summed E-state index contributed by atoms with van der Waals surface area (Å²) in [7, 11) is 0. The first kappa shape index (κ1) is 23.5. The lowest BCUT2D eigenvalue weighted by molar-refractivity contribution is -0.137. The van der Waals surface area contributed by atoms with E-state index in [4.69, 9.17) is 5.73 Å². The topological polar surface area (TPSA) is 95.7 Å². The molecule has 0 radical (unpaired) electrons. The molecule has 1 saturated heterocycles. The van der Waals surface area contributed by atoms with Crippen molar-refractivity contribution in [2.45, 2.75) is 69.6 Å². The molecule has 3 rings (SSSR count). The third kappa shape index (κ3) is 6.43. The summed E-state index contributed by atoms with van der Waals surface area (Å²) in [5.41, 5.74) is 6.22. The quantitative estimate of drug-likeness (QED) is 0.465. The number of hydrogen-bond donors (Lipinski definition) is 3. The molecule has 6 nitrogen and oxygen atoms in total. The van der Waals surface area contributed by atoms with Gasteiger partial charge in [0.25, 0.3) is 0 Å². The van der Waals surface area contributed by atoms with Crippen LogP contribution in [0.15, 0.2) is 12.1 Å². The van der Waals surface area contributed by atoms with Crippen LogP contribution in [0.25, 0.3) is 0 Å². The molecule has 2 amide bonds. The third-order valence-electron chi connectivity index (χ3n) is 6.42. The van der Waals surface area contributed by atoms with Crippen molar-refractivity contribution in [2.75, 3.05) is 13.1 Å². The van der Waals surface area contributed by atoms with Gasteiger partial charge in [0.1, 0.15) is 12.2 Å². The highest BCUT2D eigenvalue weighted by molar-refractivity contribution is 5.97. The predicted octanol–water partition coefficient (Wildman–Crippen LogP) is 2.02. The van der Waals surface area contributed by atoms with Crippen LogP contribution in [-0.4, -0.2) is 53.1 Å². The van der Waals surface area contributed by atoms with E-state index in [9.17, 15) is 27.9 Å². The van der Waals surface area contributed by atoms with Crippen molar-refractivity contribution in [1.82, 2.24) is 10.2 Å². The Morgan fingerprint density at radius 1 is 1.03 bits per heavy atom. The highest BCUT2D eigenvalue weighted by Crippen LogP contribution is 2.24. The minimum atomic E-state index is -1.23. The van der Waals surface area contributed by atoms with Gasteiger partial charge in [0, 0.05) is 31.2 Å². The zero-order valence-electron chi connectivity index (χ0n) is 17.5. The van der Waals surface area contributed by atoms with Crippen LogP contribution in [-0.2, 0) is 16.0 Å². The molecule has 9 heteroatoms. The molecule has 0 unspecified atom stereocenters. The summed E-state index contributed by atoms with van der Waals surface area (Å²) in [6.07, 6.45) is 3.49. The SMILES string of the molecule is N[C@H](Cc1cc(F)c(F)cc1F)C1CCN(C(=O)CC(=O)N[C@H]2CC[C@H](O)CC2)CC1. The molecule has 1 aliphatic heterocycles.